The Morgan fingerprint density at radius 1 is 1.21 bits per heavy atom. The van der Waals surface area contributed by atoms with Crippen LogP contribution in [-0.4, -0.2) is 14.9 Å². The summed E-state index contributed by atoms with van der Waals surface area (Å²) in [4.78, 5) is 11.9. The molecule has 28 heavy (non-hydrogen) atoms. The molecule has 0 spiro atoms. The van der Waals surface area contributed by atoms with E-state index >= 15 is 0 Å². The maximum absolute atomic E-state index is 11.9. The molecule has 0 saturated carbocycles. The van der Waals surface area contributed by atoms with E-state index in [1.165, 1.54) is 35.2 Å². The van der Waals surface area contributed by atoms with Crippen LogP contribution in [0.3, 0.4) is 0 Å². The zero-order chi connectivity index (χ0) is 19.7. The number of aromatic hydroxyl groups is 1. The van der Waals surface area contributed by atoms with E-state index in [0.717, 1.165) is 26.5 Å². The maximum Gasteiger partial charge on any atom is 0.336 e. The zero-order valence-corrected chi connectivity index (χ0v) is 17.4. The molecule has 2 heterocycles. The van der Waals surface area contributed by atoms with Crippen LogP contribution in [-0.2, 0) is 12.2 Å². The minimum Gasteiger partial charge on any atom is -0.508 e. The van der Waals surface area contributed by atoms with E-state index in [2.05, 4.69) is 5.10 Å². The summed E-state index contributed by atoms with van der Waals surface area (Å²) in [6.07, 6.45) is 0.691. The van der Waals surface area contributed by atoms with E-state index in [1.807, 2.05) is 43.3 Å². The lowest BCUT2D eigenvalue weighted by molar-refractivity contribution is 0.466. The van der Waals surface area contributed by atoms with Crippen LogP contribution < -0.4 is 5.63 Å². The van der Waals surface area contributed by atoms with Crippen molar-refractivity contribution in [3.8, 4) is 11.4 Å². The highest BCUT2D eigenvalue weighted by Crippen LogP contribution is 2.32. The van der Waals surface area contributed by atoms with Crippen molar-refractivity contribution >= 4 is 46.3 Å². The molecule has 0 aliphatic carbocycles. The first-order valence-electron chi connectivity index (χ1n) is 8.62. The van der Waals surface area contributed by atoms with Gasteiger partial charge in [-0.1, -0.05) is 48.2 Å². The van der Waals surface area contributed by atoms with E-state index in [0.29, 0.717) is 21.7 Å². The molecule has 8 heteroatoms. The minimum absolute atomic E-state index is 0.141. The lowest BCUT2D eigenvalue weighted by atomic mass is 10.1. The Kier molecular flexibility index (Phi) is 5.34. The average Bonchev–Trinajstić information content (AvgIpc) is 3.06. The molecule has 0 unspecified atom stereocenters. The van der Waals surface area contributed by atoms with Crippen molar-refractivity contribution < 1.29 is 9.52 Å². The van der Waals surface area contributed by atoms with Crippen LogP contribution in [0.4, 0.5) is 0 Å². The van der Waals surface area contributed by atoms with Crippen molar-refractivity contribution in [3.05, 3.63) is 74.0 Å². The van der Waals surface area contributed by atoms with Gasteiger partial charge >= 0.3 is 5.63 Å². The third-order valence-corrected chi connectivity index (χ3v) is 6.71. The molecule has 0 bridgehead atoms. The van der Waals surface area contributed by atoms with Gasteiger partial charge in [0.05, 0.1) is 5.69 Å². The van der Waals surface area contributed by atoms with Gasteiger partial charge in [0.15, 0.2) is 8.29 Å². The highest BCUT2D eigenvalue weighted by atomic mass is 32.2. The van der Waals surface area contributed by atoms with E-state index in [-0.39, 0.29) is 5.75 Å². The smallest absolute Gasteiger partial charge is 0.336 e. The van der Waals surface area contributed by atoms with Crippen molar-refractivity contribution in [2.45, 2.75) is 23.4 Å². The van der Waals surface area contributed by atoms with Crippen molar-refractivity contribution in [2.24, 2.45) is 0 Å². The molecule has 0 amide bonds. The summed E-state index contributed by atoms with van der Waals surface area (Å²) >= 11 is 8.40. The monoisotopic (exact) mass is 428 g/mol. The maximum atomic E-state index is 11.9. The number of fused-ring (bicyclic) bond motifs is 1. The second kappa shape index (κ2) is 7.90. The van der Waals surface area contributed by atoms with Crippen molar-refractivity contribution in [2.75, 3.05) is 0 Å². The Labute approximate surface area is 174 Å². The van der Waals surface area contributed by atoms with Gasteiger partial charge in [0.25, 0.3) is 0 Å². The van der Waals surface area contributed by atoms with Crippen LogP contribution in [0.15, 0.2) is 62.1 Å². The molecule has 0 saturated heterocycles. The zero-order valence-electron chi connectivity index (χ0n) is 14.9. The number of aromatic nitrogens is 2. The summed E-state index contributed by atoms with van der Waals surface area (Å²) in [7, 11) is 0. The lowest BCUT2D eigenvalue weighted by Gasteiger charge is -2.08. The fourth-order valence-corrected chi connectivity index (χ4v) is 5.25. The van der Waals surface area contributed by atoms with E-state index in [9.17, 15) is 9.90 Å². The first kappa shape index (κ1) is 18.9. The number of hydrogen-bond donors (Lipinski definition) is 1. The van der Waals surface area contributed by atoms with Crippen LogP contribution in [0.5, 0.6) is 5.75 Å². The quantitative estimate of drug-likeness (QED) is 0.263. The third kappa shape index (κ3) is 3.76. The molecular formula is C20H16N2O3S3. The van der Waals surface area contributed by atoms with E-state index in [4.69, 9.17) is 16.6 Å². The fourth-order valence-electron chi connectivity index (χ4n) is 2.90. The molecule has 2 aromatic carbocycles. The summed E-state index contributed by atoms with van der Waals surface area (Å²) in [5.74, 6) is 0.690. The predicted molar refractivity (Wildman–Crippen MR) is 115 cm³/mol. The average molecular weight is 429 g/mol. The number of phenolic OH excluding ortho intramolecular Hbond substituents is 1. The Morgan fingerprint density at radius 3 is 2.75 bits per heavy atom. The molecule has 142 valence electrons. The molecule has 2 aromatic heterocycles. The first-order valence-corrected chi connectivity index (χ1v) is 10.8. The van der Waals surface area contributed by atoms with Gasteiger partial charge in [-0.25, -0.2) is 9.48 Å². The van der Waals surface area contributed by atoms with Gasteiger partial charge in [-0.2, -0.15) is 0 Å². The largest absolute Gasteiger partial charge is 0.508 e. The van der Waals surface area contributed by atoms with Gasteiger partial charge in [0, 0.05) is 23.3 Å². The number of thioether (sulfide) groups is 1. The molecule has 5 nitrogen and oxygen atoms in total. The van der Waals surface area contributed by atoms with E-state index in [1.54, 1.807) is 4.68 Å². The Morgan fingerprint density at radius 2 is 2.00 bits per heavy atom. The lowest BCUT2D eigenvalue weighted by Crippen LogP contribution is -2.00. The molecular weight excluding hydrogens is 412 g/mol. The number of para-hydroxylation sites is 1. The van der Waals surface area contributed by atoms with Gasteiger partial charge < -0.3 is 9.52 Å². The summed E-state index contributed by atoms with van der Waals surface area (Å²) in [5.41, 5.74) is 2.54. The molecule has 0 atom stereocenters. The summed E-state index contributed by atoms with van der Waals surface area (Å²) in [6.45, 7) is 1.97. The van der Waals surface area contributed by atoms with Gasteiger partial charge in [0.2, 0.25) is 0 Å². The number of nitrogens with zero attached hydrogens (tertiary/aromatic N) is 2. The Bertz CT molecular complexity index is 1260. The van der Waals surface area contributed by atoms with E-state index < -0.39 is 5.63 Å². The molecule has 4 aromatic rings. The summed E-state index contributed by atoms with van der Waals surface area (Å²) in [6, 6.07) is 14.6. The van der Waals surface area contributed by atoms with Crippen molar-refractivity contribution in [1.82, 2.24) is 9.78 Å². The van der Waals surface area contributed by atoms with Crippen LogP contribution in [0.25, 0.3) is 16.7 Å². The second-order valence-corrected chi connectivity index (χ2v) is 8.94. The molecule has 1 N–H and O–H groups in total. The molecule has 0 radical (unpaired) electrons. The molecule has 0 fully saturated rings. The van der Waals surface area contributed by atoms with Crippen LogP contribution >= 0.6 is 35.3 Å². The van der Waals surface area contributed by atoms with Crippen LogP contribution in [0, 0.1) is 3.95 Å². The highest BCUT2D eigenvalue weighted by Gasteiger charge is 2.12. The molecule has 0 aliphatic rings. The third-order valence-electron chi connectivity index (χ3n) is 4.29. The van der Waals surface area contributed by atoms with Crippen LogP contribution in [0.1, 0.15) is 18.1 Å². The second-order valence-electron chi connectivity index (χ2n) is 6.09. The highest BCUT2D eigenvalue weighted by molar-refractivity contribution is 8.00. The SMILES string of the molecule is CCc1cc2c(CSc3nn(-c4ccccc4)c(=S)s3)cc(=O)oc2cc1O. The normalized spacial score (nSPS) is 11.2. The number of phenols is 1. The van der Waals surface area contributed by atoms with Gasteiger partial charge in [0.1, 0.15) is 11.3 Å². The first-order chi connectivity index (χ1) is 13.5. The fraction of sp³-hybridized carbons (Fsp3) is 0.150. The summed E-state index contributed by atoms with van der Waals surface area (Å²) in [5, 5.41) is 15.5. The predicted octanol–water partition coefficient (Wildman–Crippen LogP) is 5.33. The van der Waals surface area contributed by atoms with Gasteiger partial charge in [-0.15, -0.1) is 5.10 Å². The minimum atomic E-state index is -0.436. The number of hydrogen-bond acceptors (Lipinski definition) is 7. The Balaban J connectivity index is 1.66. The standard InChI is InChI=1S/C20H16N2O3S3/c1-2-12-8-15-13(9-18(24)25-17(15)10-16(12)23)11-27-19-21-22(20(26)28-19)14-6-4-3-5-7-14/h3-10,23H,2,11H2,1H3. The molecule has 4 rings (SSSR count). The number of aryl methyl sites for hydroxylation is 1. The number of rotatable bonds is 5. The van der Waals surface area contributed by atoms with Gasteiger partial charge in [-0.3, -0.25) is 0 Å². The molecule has 0 aliphatic heterocycles. The van der Waals surface area contributed by atoms with Crippen molar-refractivity contribution in [3.63, 3.8) is 0 Å². The van der Waals surface area contributed by atoms with Crippen molar-refractivity contribution in [1.29, 1.82) is 0 Å². The Hall–Kier alpha value is -2.42. The number of benzene rings is 2. The topological polar surface area (TPSA) is 68.3 Å². The van der Waals surface area contributed by atoms with Crippen LogP contribution in [0.2, 0.25) is 0 Å². The summed E-state index contributed by atoms with van der Waals surface area (Å²) < 4.78 is 8.49. The van der Waals surface area contributed by atoms with Gasteiger partial charge in [-0.05, 0) is 48.0 Å².